The van der Waals surface area contributed by atoms with Gasteiger partial charge in [-0.1, -0.05) is 20.3 Å². The molecule has 0 radical (unpaired) electrons. The van der Waals surface area contributed by atoms with Crippen molar-refractivity contribution < 1.29 is 14.7 Å². The van der Waals surface area contributed by atoms with Crippen molar-refractivity contribution in [3.8, 4) is 0 Å². The highest BCUT2D eigenvalue weighted by Gasteiger charge is 2.49. The number of fused-ring (bicyclic) bond motifs is 1. The van der Waals surface area contributed by atoms with Crippen LogP contribution in [0.25, 0.3) is 0 Å². The fraction of sp³-hybridized carbons (Fsp3) is 0.875. The van der Waals surface area contributed by atoms with Gasteiger partial charge in [-0.05, 0) is 50.4 Å². The van der Waals surface area contributed by atoms with Crippen LogP contribution in [0.2, 0.25) is 0 Å². The summed E-state index contributed by atoms with van der Waals surface area (Å²) < 4.78 is 0. The second kappa shape index (κ2) is 6.67. The summed E-state index contributed by atoms with van der Waals surface area (Å²) in [6, 6.07) is -0.738. The molecule has 2 aliphatic rings. The molecule has 2 rings (SSSR count). The number of carboxylic acids is 1. The van der Waals surface area contributed by atoms with Gasteiger partial charge in [0.15, 0.2) is 0 Å². The summed E-state index contributed by atoms with van der Waals surface area (Å²) in [6.45, 7) is 6.92. The highest BCUT2D eigenvalue weighted by atomic mass is 16.4. The first-order valence-corrected chi connectivity index (χ1v) is 8.20. The molecule has 1 saturated heterocycles. The molecule has 2 N–H and O–H groups in total. The van der Waals surface area contributed by atoms with Crippen molar-refractivity contribution in [1.29, 1.82) is 0 Å². The van der Waals surface area contributed by atoms with Gasteiger partial charge in [0, 0.05) is 12.6 Å². The zero-order valence-electron chi connectivity index (χ0n) is 13.3. The lowest BCUT2D eigenvalue weighted by Gasteiger charge is -2.26. The van der Waals surface area contributed by atoms with Crippen LogP contribution in [-0.4, -0.2) is 40.6 Å². The van der Waals surface area contributed by atoms with Crippen LogP contribution in [0.15, 0.2) is 0 Å². The smallest absolute Gasteiger partial charge is 0.326 e. The van der Waals surface area contributed by atoms with E-state index in [2.05, 4.69) is 19.2 Å². The minimum Gasteiger partial charge on any atom is -0.480 e. The number of likely N-dealkylation sites (tertiary alicyclic amines) is 1. The first kappa shape index (κ1) is 16.1. The Bertz CT molecular complexity index is 397. The van der Waals surface area contributed by atoms with Crippen molar-refractivity contribution in [2.75, 3.05) is 6.54 Å². The number of carbonyl (C=O) groups is 2. The van der Waals surface area contributed by atoms with Crippen molar-refractivity contribution in [1.82, 2.24) is 10.2 Å². The molecule has 0 aromatic carbocycles. The van der Waals surface area contributed by atoms with E-state index in [4.69, 9.17) is 0 Å². The summed E-state index contributed by atoms with van der Waals surface area (Å²) in [4.78, 5) is 25.5. The second-order valence-electron chi connectivity index (χ2n) is 7.11. The summed E-state index contributed by atoms with van der Waals surface area (Å²) in [6.07, 6.45) is 5.09. The zero-order chi connectivity index (χ0) is 15.6. The fourth-order valence-electron chi connectivity index (χ4n) is 3.78. The number of amides is 2. The van der Waals surface area contributed by atoms with E-state index in [-0.39, 0.29) is 18.0 Å². The molecule has 5 heteroatoms. The summed E-state index contributed by atoms with van der Waals surface area (Å²) in [5.74, 6) is 0.290. The Morgan fingerprint density at radius 1 is 1.24 bits per heavy atom. The predicted octanol–water partition coefficient (Wildman–Crippen LogP) is 2.71. The molecule has 1 aliphatic heterocycles. The first-order valence-electron chi connectivity index (χ1n) is 8.20. The van der Waals surface area contributed by atoms with Crippen LogP contribution in [0.5, 0.6) is 0 Å². The number of carboxylic acid groups (broad SMARTS) is 1. The van der Waals surface area contributed by atoms with Crippen molar-refractivity contribution in [2.45, 2.75) is 65.0 Å². The maximum absolute atomic E-state index is 12.4. The summed E-state index contributed by atoms with van der Waals surface area (Å²) in [5, 5.41) is 12.4. The minimum atomic E-state index is -0.852. The summed E-state index contributed by atoms with van der Waals surface area (Å²) >= 11 is 0. The number of nitrogens with one attached hydrogen (secondary N) is 1. The highest BCUT2D eigenvalue weighted by molar-refractivity contribution is 5.84. The van der Waals surface area contributed by atoms with Gasteiger partial charge in [0.1, 0.15) is 6.04 Å². The van der Waals surface area contributed by atoms with Gasteiger partial charge in [0.2, 0.25) is 0 Å². The number of nitrogens with zero attached hydrogens (tertiary/aromatic N) is 1. The van der Waals surface area contributed by atoms with Crippen LogP contribution in [0.4, 0.5) is 4.79 Å². The maximum atomic E-state index is 12.4. The Balaban J connectivity index is 1.93. The SMILES string of the molecule is CC(C)CCC(C)NC(=O)N1CC2CCCC2C1C(=O)O. The monoisotopic (exact) mass is 296 g/mol. The number of carbonyl (C=O) groups excluding carboxylic acids is 1. The topological polar surface area (TPSA) is 69.6 Å². The van der Waals surface area contributed by atoms with Gasteiger partial charge < -0.3 is 15.3 Å². The molecule has 0 spiro atoms. The molecule has 4 unspecified atom stereocenters. The lowest BCUT2D eigenvalue weighted by atomic mass is 9.94. The number of urea groups is 1. The molecule has 2 fully saturated rings. The van der Waals surface area contributed by atoms with E-state index in [1.807, 2.05) is 6.92 Å². The maximum Gasteiger partial charge on any atom is 0.326 e. The van der Waals surface area contributed by atoms with Gasteiger partial charge in [-0.3, -0.25) is 0 Å². The number of aliphatic carboxylic acids is 1. The third kappa shape index (κ3) is 3.69. The van der Waals surface area contributed by atoms with Crippen molar-refractivity contribution in [3.05, 3.63) is 0 Å². The van der Waals surface area contributed by atoms with Gasteiger partial charge in [0.25, 0.3) is 0 Å². The molecule has 120 valence electrons. The third-order valence-electron chi connectivity index (χ3n) is 4.95. The van der Waals surface area contributed by atoms with E-state index in [9.17, 15) is 14.7 Å². The molecule has 0 aromatic rings. The average Bonchev–Trinajstić information content (AvgIpc) is 2.95. The fourth-order valence-corrected chi connectivity index (χ4v) is 3.78. The molecule has 1 saturated carbocycles. The molecular formula is C16H28N2O3. The molecule has 1 heterocycles. The van der Waals surface area contributed by atoms with E-state index in [0.29, 0.717) is 18.4 Å². The van der Waals surface area contributed by atoms with Gasteiger partial charge in [-0.2, -0.15) is 0 Å². The van der Waals surface area contributed by atoms with E-state index < -0.39 is 12.0 Å². The third-order valence-corrected chi connectivity index (χ3v) is 4.95. The second-order valence-corrected chi connectivity index (χ2v) is 7.11. The van der Waals surface area contributed by atoms with Crippen LogP contribution in [-0.2, 0) is 4.79 Å². The predicted molar refractivity (Wildman–Crippen MR) is 81.0 cm³/mol. The Morgan fingerprint density at radius 2 is 1.95 bits per heavy atom. The quantitative estimate of drug-likeness (QED) is 0.819. The Labute approximate surface area is 127 Å². The largest absolute Gasteiger partial charge is 0.480 e. The number of hydrogen-bond donors (Lipinski definition) is 2. The van der Waals surface area contributed by atoms with E-state index >= 15 is 0 Å². The Kier molecular flexibility index (Phi) is 5.12. The van der Waals surface area contributed by atoms with Crippen LogP contribution >= 0.6 is 0 Å². The van der Waals surface area contributed by atoms with Gasteiger partial charge in [-0.15, -0.1) is 0 Å². The summed E-state index contributed by atoms with van der Waals surface area (Å²) in [7, 11) is 0. The van der Waals surface area contributed by atoms with Crippen molar-refractivity contribution in [2.24, 2.45) is 17.8 Å². The van der Waals surface area contributed by atoms with Crippen LogP contribution < -0.4 is 5.32 Å². The van der Waals surface area contributed by atoms with Crippen molar-refractivity contribution in [3.63, 3.8) is 0 Å². The minimum absolute atomic E-state index is 0.0924. The van der Waals surface area contributed by atoms with Gasteiger partial charge in [-0.25, -0.2) is 9.59 Å². The molecule has 4 atom stereocenters. The van der Waals surface area contributed by atoms with Crippen LogP contribution in [0, 0.1) is 17.8 Å². The number of hydrogen-bond acceptors (Lipinski definition) is 2. The molecule has 0 aromatic heterocycles. The van der Waals surface area contributed by atoms with Gasteiger partial charge in [0.05, 0.1) is 0 Å². The average molecular weight is 296 g/mol. The van der Waals surface area contributed by atoms with Crippen LogP contribution in [0.1, 0.15) is 52.9 Å². The lowest BCUT2D eigenvalue weighted by molar-refractivity contribution is -0.142. The molecule has 5 nitrogen and oxygen atoms in total. The molecular weight excluding hydrogens is 268 g/mol. The zero-order valence-corrected chi connectivity index (χ0v) is 13.3. The van der Waals surface area contributed by atoms with Crippen molar-refractivity contribution >= 4 is 12.0 Å². The summed E-state index contributed by atoms with van der Waals surface area (Å²) in [5.41, 5.74) is 0. The Hall–Kier alpha value is -1.26. The Morgan fingerprint density at radius 3 is 2.57 bits per heavy atom. The molecule has 2 amide bonds. The van der Waals surface area contributed by atoms with E-state index in [1.165, 1.54) is 0 Å². The van der Waals surface area contributed by atoms with Crippen LogP contribution in [0.3, 0.4) is 0 Å². The van der Waals surface area contributed by atoms with E-state index in [0.717, 1.165) is 32.1 Å². The number of rotatable bonds is 5. The highest BCUT2D eigenvalue weighted by Crippen LogP contribution is 2.42. The van der Waals surface area contributed by atoms with E-state index in [1.54, 1.807) is 4.90 Å². The lowest BCUT2D eigenvalue weighted by Crippen LogP contribution is -2.50. The standard InChI is InChI=1S/C16H28N2O3/c1-10(2)7-8-11(3)17-16(21)18-9-12-5-4-6-13(12)14(18)15(19)20/h10-14H,4-9H2,1-3H3,(H,17,21)(H,19,20). The molecule has 21 heavy (non-hydrogen) atoms. The normalized spacial score (nSPS) is 29.5. The molecule has 0 bridgehead atoms. The van der Waals surface area contributed by atoms with Gasteiger partial charge >= 0.3 is 12.0 Å². The first-order chi connectivity index (χ1) is 9.90. The molecule has 1 aliphatic carbocycles.